The summed E-state index contributed by atoms with van der Waals surface area (Å²) >= 11 is 0. The van der Waals surface area contributed by atoms with E-state index in [1.807, 2.05) is 0 Å². The monoisotopic (exact) mass is 99.1 g/mol. The van der Waals surface area contributed by atoms with Crippen LogP contribution in [0.3, 0.4) is 0 Å². The van der Waals surface area contributed by atoms with Gasteiger partial charge in [-0.15, -0.1) is 0 Å². The molecule has 0 saturated carbocycles. The van der Waals surface area contributed by atoms with Gasteiger partial charge in [0.05, 0.1) is 12.6 Å². The summed E-state index contributed by atoms with van der Waals surface area (Å²) in [6.07, 6.45) is 1.77. The van der Waals surface area contributed by atoms with Crippen molar-refractivity contribution in [2.75, 3.05) is 13.7 Å². The first-order valence-electron chi connectivity index (χ1n) is 2.73. The standard InChI is InChI=1S/C5H9NO/c1-6-4-2-3-7-5(4)6/h4-5H,2-3H2,1H3. The average Bonchev–Trinajstić information content (AvgIpc) is 2.26. The Morgan fingerprint density at radius 2 is 2.57 bits per heavy atom. The zero-order chi connectivity index (χ0) is 4.85. The van der Waals surface area contributed by atoms with Crippen molar-refractivity contribution >= 4 is 0 Å². The number of hydrogen-bond acceptors (Lipinski definition) is 2. The van der Waals surface area contributed by atoms with Crippen molar-refractivity contribution in [1.82, 2.24) is 4.90 Å². The van der Waals surface area contributed by atoms with Crippen LogP contribution in [0.2, 0.25) is 0 Å². The number of nitrogens with zero attached hydrogens (tertiary/aromatic N) is 1. The van der Waals surface area contributed by atoms with Crippen LogP contribution >= 0.6 is 0 Å². The molecule has 0 aliphatic carbocycles. The third-order valence-corrected chi connectivity index (χ3v) is 1.87. The Hall–Kier alpha value is -0.0800. The average molecular weight is 99.1 g/mol. The van der Waals surface area contributed by atoms with Crippen LogP contribution in [0.25, 0.3) is 0 Å². The fourth-order valence-corrected chi connectivity index (χ4v) is 1.26. The number of ether oxygens (including phenoxy) is 1. The largest absolute Gasteiger partial charge is 0.361 e. The molecule has 40 valence electrons. The Bertz CT molecular complexity index is 84.1. The van der Waals surface area contributed by atoms with E-state index in [2.05, 4.69) is 11.9 Å². The quantitative estimate of drug-likeness (QED) is 0.398. The van der Waals surface area contributed by atoms with Crippen molar-refractivity contribution in [3.8, 4) is 0 Å². The number of hydrogen-bond donors (Lipinski definition) is 0. The first-order chi connectivity index (χ1) is 3.39. The fraction of sp³-hybridized carbons (Fsp3) is 1.00. The summed E-state index contributed by atoms with van der Waals surface area (Å²) in [6, 6.07) is 0.792. The summed E-state index contributed by atoms with van der Waals surface area (Å²) in [7, 11) is 2.11. The van der Waals surface area contributed by atoms with Crippen molar-refractivity contribution in [3.63, 3.8) is 0 Å². The maximum absolute atomic E-state index is 5.27. The molecular formula is C5H9NO. The second-order valence-electron chi connectivity index (χ2n) is 2.28. The molecular weight excluding hydrogens is 90.1 g/mol. The molecule has 2 heterocycles. The second-order valence-corrected chi connectivity index (χ2v) is 2.28. The van der Waals surface area contributed by atoms with Crippen molar-refractivity contribution in [2.24, 2.45) is 0 Å². The summed E-state index contributed by atoms with van der Waals surface area (Å²) in [5, 5.41) is 0. The van der Waals surface area contributed by atoms with Crippen LogP contribution in [0.15, 0.2) is 0 Å². The zero-order valence-corrected chi connectivity index (χ0v) is 4.42. The molecule has 0 aromatic carbocycles. The highest BCUT2D eigenvalue weighted by Crippen LogP contribution is 2.34. The van der Waals surface area contributed by atoms with Crippen LogP contribution in [0.4, 0.5) is 0 Å². The highest BCUT2D eigenvalue weighted by atomic mass is 16.5. The Kier molecular flexibility index (Phi) is 0.557. The molecule has 2 fully saturated rings. The minimum Gasteiger partial charge on any atom is -0.361 e. The van der Waals surface area contributed by atoms with Gasteiger partial charge in [0.1, 0.15) is 6.23 Å². The van der Waals surface area contributed by atoms with Gasteiger partial charge >= 0.3 is 0 Å². The van der Waals surface area contributed by atoms with E-state index in [1.165, 1.54) is 6.42 Å². The molecule has 0 amide bonds. The maximum atomic E-state index is 5.27. The Morgan fingerprint density at radius 3 is 2.86 bits per heavy atom. The van der Waals surface area contributed by atoms with Gasteiger partial charge in [0, 0.05) is 0 Å². The molecule has 2 aliphatic rings. The number of rotatable bonds is 0. The van der Waals surface area contributed by atoms with Gasteiger partial charge in [-0.2, -0.15) is 0 Å². The van der Waals surface area contributed by atoms with Crippen LogP contribution in [0.1, 0.15) is 6.42 Å². The molecule has 0 radical (unpaired) electrons. The van der Waals surface area contributed by atoms with Crippen molar-refractivity contribution in [1.29, 1.82) is 0 Å². The van der Waals surface area contributed by atoms with E-state index in [1.54, 1.807) is 0 Å². The van der Waals surface area contributed by atoms with Gasteiger partial charge < -0.3 is 4.74 Å². The fourth-order valence-electron chi connectivity index (χ4n) is 1.26. The van der Waals surface area contributed by atoms with Gasteiger partial charge in [0.2, 0.25) is 0 Å². The maximum Gasteiger partial charge on any atom is 0.126 e. The molecule has 0 spiro atoms. The molecule has 0 bridgehead atoms. The number of fused-ring (bicyclic) bond motifs is 1. The first-order valence-corrected chi connectivity index (χ1v) is 2.73. The van der Waals surface area contributed by atoms with Gasteiger partial charge in [0.15, 0.2) is 0 Å². The Balaban J connectivity index is 2.06. The lowest BCUT2D eigenvalue weighted by atomic mass is 10.4. The molecule has 2 rings (SSSR count). The lowest BCUT2D eigenvalue weighted by Crippen LogP contribution is -2.02. The molecule has 0 aromatic rings. The van der Waals surface area contributed by atoms with Crippen LogP contribution in [0.5, 0.6) is 0 Å². The zero-order valence-electron chi connectivity index (χ0n) is 4.42. The van der Waals surface area contributed by atoms with Crippen LogP contribution in [-0.4, -0.2) is 30.8 Å². The molecule has 2 aliphatic heterocycles. The summed E-state index contributed by atoms with van der Waals surface area (Å²) in [4.78, 5) is 2.25. The molecule has 2 saturated heterocycles. The number of likely N-dealkylation sites (N-methyl/N-ethyl adjacent to an activating group) is 1. The third kappa shape index (κ3) is 0.359. The minimum atomic E-state index is 0.514. The molecule has 7 heavy (non-hydrogen) atoms. The Labute approximate surface area is 43.1 Å². The SMILES string of the molecule is CN1C2CCOC21. The summed E-state index contributed by atoms with van der Waals surface area (Å²) in [5.74, 6) is 0. The minimum absolute atomic E-state index is 0.514. The molecule has 0 aromatic heterocycles. The highest BCUT2D eigenvalue weighted by molar-refractivity contribution is 4.96. The summed E-state index contributed by atoms with van der Waals surface area (Å²) < 4.78 is 5.27. The predicted octanol–water partition coefficient (Wildman–Crippen LogP) is 0.0468. The Morgan fingerprint density at radius 1 is 1.71 bits per heavy atom. The van der Waals surface area contributed by atoms with Crippen molar-refractivity contribution in [2.45, 2.75) is 18.7 Å². The predicted molar refractivity (Wildman–Crippen MR) is 25.9 cm³/mol. The summed E-state index contributed by atoms with van der Waals surface area (Å²) in [5.41, 5.74) is 0. The van der Waals surface area contributed by atoms with Gasteiger partial charge in [-0.3, -0.25) is 4.90 Å². The van der Waals surface area contributed by atoms with E-state index in [9.17, 15) is 0 Å². The van der Waals surface area contributed by atoms with Gasteiger partial charge in [0.25, 0.3) is 0 Å². The van der Waals surface area contributed by atoms with Gasteiger partial charge in [-0.25, -0.2) is 0 Å². The molecule has 0 N–H and O–H groups in total. The molecule has 3 atom stereocenters. The van der Waals surface area contributed by atoms with Crippen molar-refractivity contribution < 1.29 is 4.74 Å². The highest BCUT2D eigenvalue weighted by Gasteiger charge is 2.49. The molecule has 3 unspecified atom stereocenters. The topological polar surface area (TPSA) is 12.2 Å². The van der Waals surface area contributed by atoms with Crippen molar-refractivity contribution in [3.05, 3.63) is 0 Å². The first kappa shape index (κ1) is 3.87. The van der Waals surface area contributed by atoms with Gasteiger partial charge in [-0.05, 0) is 13.5 Å². The second kappa shape index (κ2) is 1.01. The lowest BCUT2D eigenvalue weighted by molar-refractivity contribution is 0.106. The van der Waals surface area contributed by atoms with Crippen LogP contribution in [-0.2, 0) is 4.74 Å². The third-order valence-electron chi connectivity index (χ3n) is 1.87. The molecule has 2 heteroatoms. The van der Waals surface area contributed by atoms with E-state index < -0.39 is 0 Å². The molecule has 2 nitrogen and oxygen atoms in total. The lowest BCUT2D eigenvalue weighted by Gasteiger charge is -1.96. The van der Waals surface area contributed by atoms with Gasteiger partial charge in [-0.1, -0.05) is 0 Å². The normalized spacial score (nSPS) is 57.0. The summed E-state index contributed by atoms with van der Waals surface area (Å²) in [6.45, 7) is 0.986. The van der Waals surface area contributed by atoms with Crippen LogP contribution < -0.4 is 0 Å². The van der Waals surface area contributed by atoms with E-state index in [-0.39, 0.29) is 0 Å². The van der Waals surface area contributed by atoms with E-state index in [4.69, 9.17) is 4.74 Å². The smallest absolute Gasteiger partial charge is 0.126 e. The van der Waals surface area contributed by atoms with E-state index >= 15 is 0 Å². The van der Waals surface area contributed by atoms with E-state index in [0.29, 0.717) is 6.23 Å². The van der Waals surface area contributed by atoms with Crippen LogP contribution in [0, 0.1) is 0 Å². The van der Waals surface area contributed by atoms with E-state index in [0.717, 1.165) is 12.6 Å².